The molecule has 1 aliphatic rings. The molecular weight excluding hydrogens is 408 g/mol. The highest BCUT2D eigenvalue weighted by molar-refractivity contribution is 6.30. The zero-order valence-electron chi connectivity index (χ0n) is 17.5. The Kier molecular flexibility index (Phi) is 4.98. The molecule has 0 bridgehead atoms. The summed E-state index contributed by atoms with van der Waals surface area (Å²) in [6.45, 7) is 4.42. The number of carbonyl (C=O) groups is 1. The highest BCUT2D eigenvalue weighted by Gasteiger charge is 2.29. The van der Waals surface area contributed by atoms with Crippen LogP contribution in [0.15, 0.2) is 54.6 Å². The van der Waals surface area contributed by atoms with Gasteiger partial charge in [-0.05, 0) is 62.6 Å². The minimum absolute atomic E-state index is 0.115. The Morgan fingerprint density at radius 2 is 1.81 bits per heavy atom. The third-order valence-electron chi connectivity index (χ3n) is 5.72. The monoisotopic (exact) mass is 430 g/mol. The Labute approximate surface area is 186 Å². The van der Waals surface area contributed by atoms with E-state index in [4.69, 9.17) is 21.7 Å². The van der Waals surface area contributed by atoms with E-state index in [1.165, 1.54) is 5.56 Å². The van der Waals surface area contributed by atoms with Gasteiger partial charge in [0.15, 0.2) is 5.65 Å². The van der Waals surface area contributed by atoms with E-state index in [9.17, 15) is 4.79 Å². The second kappa shape index (κ2) is 7.82. The average molecular weight is 431 g/mol. The van der Waals surface area contributed by atoms with Gasteiger partial charge in [-0.2, -0.15) is 5.10 Å². The molecule has 1 N–H and O–H groups in total. The van der Waals surface area contributed by atoms with Gasteiger partial charge in [-0.25, -0.2) is 9.67 Å². The van der Waals surface area contributed by atoms with Gasteiger partial charge in [0.25, 0.3) is 5.91 Å². The summed E-state index contributed by atoms with van der Waals surface area (Å²) in [6, 6.07) is 17.6. The van der Waals surface area contributed by atoms with Gasteiger partial charge in [0.05, 0.1) is 22.3 Å². The third-order valence-corrected chi connectivity index (χ3v) is 5.97. The molecule has 0 radical (unpaired) electrons. The van der Waals surface area contributed by atoms with E-state index in [0.717, 1.165) is 46.5 Å². The minimum atomic E-state index is -0.115. The van der Waals surface area contributed by atoms with Crippen molar-refractivity contribution in [3.05, 3.63) is 87.7 Å². The van der Waals surface area contributed by atoms with E-state index in [0.29, 0.717) is 23.0 Å². The summed E-state index contributed by atoms with van der Waals surface area (Å²) in [5.74, 6) is 0.310. The molecule has 5 rings (SSSR count). The summed E-state index contributed by atoms with van der Waals surface area (Å²) in [6.07, 6.45) is 2.23. The Balaban J connectivity index is 1.56. The highest BCUT2D eigenvalue weighted by Crippen LogP contribution is 2.40. The summed E-state index contributed by atoms with van der Waals surface area (Å²) in [5, 5.41) is 9.28. The molecule has 156 valence electrons. The number of amides is 1. The van der Waals surface area contributed by atoms with Crippen molar-refractivity contribution in [2.45, 2.75) is 39.2 Å². The van der Waals surface area contributed by atoms with E-state index in [1.54, 1.807) is 0 Å². The fourth-order valence-electron chi connectivity index (χ4n) is 3.82. The summed E-state index contributed by atoms with van der Waals surface area (Å²) < 4.78 is 1.85. The summed E-state index contributed by atoms with van der Waals surface area (Å²) >= 11 is 5.96. The van der Waals surface area contributed by atoms with E-state index in [1.807, 2.05) is 54.1 Å². The van der Waals surface area contributed by atoms with Crippen molar-refractivity contribution in [2.75, 3.05) is 0 Å². The lowest BCUT2D eigenvalue weighted by Gasteiger charge is -2.10. The summed E-state index contributed by atoms with van der Waals surface area (Å²) in [4.78, 5) is 18.2. The van der Waals surface area contributed by atoms with Gasteiger partial charge in [-0.15, -0.1) is 0 Å². The quantitative estimate of drug-likeness (QED) is 0.455. The maximum absolute atomic E-state index is 13.2. The molecule has 0 atom stereocenters. The smallest absolute Gasteiger partial charge is 0.252 e. The normalized spacial score (nSPS) is 13.5. The van der Waals surface area contributed by atoms with Crippen LogP contribution in [0.4, 0.5) is 0 Å². The maximum atomic E-state index is 13.2. The number of aromatic nitrogens is 3. The molecule has 1 saturated carbocycles. The number of pyridine rings is 1. The summed E-state index contributed by atoms with van der Waals surface area (Å²) in [7, 11) is 0. The number of nitrogens with zero attached hydrogens (tertiary/aromatic N) is 3. The molecule has 0 saturated heterocycles. The van der Waals surface area contributed by atoms with Crippen LogP contribution in [0, 0.1) is 13.8 Å². The predicted octanol–water partition coefficient (Wildman–Crippen LogP) is 5.50. The molecule has 2 aromatic heterocycles. The van der Waals surface area contributed by atoms with Crippen LogP contribution in [0.1, 0.15) is 51.6 Å². The standard InChI is InChI=1S/C25H23ClN4O/c1-15-3-11-20(12-4-15)30-24-23(16(2)29-30)21(13-22(28-24)18-7-8-18)25(31)27-14-17-5-9-19(26)10-6-17/h3-6,9-13,18H,7-8,14H2,1-2H3,(H,27,31). The van der Waals surface area contributed by atoms with Crippen molar-refractivity contribution in [2.24, 2.45) is 0 Å². The number of rotatable bonds is 5. The van der Waals surface area contributed by atoms with Gasteiger partial charge in [-0.1, -0.05) is 41.4 Å². The maximum Gasteiger partial charge on any atom is 0.252 e. The number of hydrogen-bond donors (Lipinski definition) is 1. The average Bonchev–Trinajstić information content (AvgIpc) is 3.57. The number of carbonyl (C=O) groups excluding carboxylic acids is 1. The zero-order valence-corrected chi connectivity index (χ0v) is 18.3. The van der Waals surface area contributed by atoms with Crippen molar-refractivity contribution in [1.82, 2.24) is 20.1 Å². The molecule has 6 heteroatoms. The topological polar surface area (TPSA) is 59.8 Å². The molecule has 2 heterocycles. The van der Waals surface area contributed by atoms with Crippen molar-refractivity contribution in [3.8, 4) is 5.69 Å². The Morgan fingerprint density at radius 1 is 1.10 bits per heavy atom. The van der Waals surface area contributed by atoms with E-state index < -0.39 is 0 Å². The number of aryl methyl sites for hydroxylation is 2. The number of halogens is 1. The first-order chi connectivity index (χ1) is 15.0. The zero-order chi connectivity index (χ0) is 21.5. The van der Waals surface area contributed by atoms with Crippen LogP contribution in [-0.2, 0) is 6.54 Å². The van der Waals surface area contributed by atoms with Gasteiger partial charge in [0, 0.05) is 23.2 Å². The van der Waals surface area contributed by atoms with Crippen molar-refractivity contribution >= 4 is 28.5 Å². The van der Waals surface area contributed by atoms with Gasteiger partial charge >= 0.3 is 0 Å². The highest BCUT2D eigenvalue weighted by atomic mass is 35.5. The fourth-order valence-corrected chi connectivity index (χ4v) is 3.95. The van der Waals surface area contributed by atoms with Crippen LogP contribution in [0.5, 0.6) is 0 Å². The fraction of sp³-hybridized carbons (Fsp3) is 0.240. The van der Waals surface area contributed by atoms with Crippen LogP contribution < -0.4 is 5.32 Å². The second-order valence-corrected chi connectivity index (χ2v) is 8.65. The first kappa shape index (κ1) is 19.8. The molecule has 5 nitrogen and oxygen atoms in total. The molecule has 2 aromatic carbocycles. The Bertz CT molecular complexity index is 1270. The number of nitrogens with one attached hydrogen (secondary N) is 1. The molecule has 1 amide bonds. The van der Waals surface area contributed by atoms with Crippen LogP contribution in [0.25, 0.3) is 16.7 Å². The van der Waals surface area contributed by atoms with Crippen LogP contribution in [0.3, 0.4) is 0 Å². The molecule has 1 aliphatic carbocycles. The van der Waals surface area contributed by atoms with E-state index in [2.05, 4.69) is 24.4 Å². The van der Waals surface area contributed by atoms with Crippen molar-refractivity contribution < 1.29 is 4.79 Å². The molecule has 0 spiro atoms. The third kappa shape index (κ3) is 3.93. The molecule has 31 heavy (non-hydrogen) atoms. The summed E-state index contributed by atoms with van der Waals surface area (Å²) in [5.41, 5.74) is 6.26. The molecule has 4 aromatic rings. The minimum Gasteiger partial charge on any atom is -0.348 e. The lowest BCUT2D eigenvalue weighted by atomic mass is 10.1. The SMILES string of the molecule is Cc1ccc(-n2nc(C)c3c(C(=O)NCc4ccc(Cl)cc4)cc(C4CC4)nc32)cc1. The predicted molar refractivity (Wildman–Crippen MR) is 123 cm³/mol. The lowest BCUT2D eigenvalue weighted by Crippen LogP contribution is -2.23. The first-order valence-electron chi connectivity index (χ1n) is 10.5. The number of benzene rings is 2. The van der Waals surface area contributed by atoms with Gasteiger partial charge < -0.3 is 5.32 Å². The van der Waals surface area contributed by atoms with Gasteiger partial charge in [-0.3, -0.25) is 4.79 Å². The Hall–Kier alpha value is -3.18. The van der Waals surface area contributed by atoms with E-state index in [-0.39, 0.29) is 5.91 Å². The molecular formula is C25H23ClN4O. The van der Waals surface area contributed by atoms with Crippen molar-refractivity contribution in [1.29, 1.82) is 0 Å². The van der Waals surface area contributed by atoms with Crippen LogP contribution in [-0.4, -0.2) is 20.7 Å². The number of fused-ring (bicyclic) bond motifs is 1. The molecule has 0 unspecified atom stereocenters. The second-order valence-electron chi connectivity index (χ2n) is 8.21. The molecule has 1 fully saturated rings. The first-order valence-corrected chi connectivity index (χ1v) is 10.9. The van der Waals surface area contributed by atoms with Crippen molar-refractivity contribution in [3.63, 3.8) is 0 Å². The van der Waals surface area contributed by atoms with E-state index >= 15 is 0 Å². The number of hydrogen-bond acceptors (Lipinski definition) is 3. The molecule has 0 aliphatic heterocycles. The van der Waals surface area contributed by atoms with Gasteiger partial charge in [0.2, 0.25) is 0 Å². The van der Waals surface area contributed by atoms with Crippen LogP contribution in [0.2, 0.25) is 5.02 Å². The van der Waals surface area contributed by atoms with Crippen LogP contribution >= 0.6 is 11.6 Å². The van der Waals surface area contributed by atoms with Gasteiger partial charge in [0.1, 0.15) is 0 Å². The lowest BCUT2D eigenvalue weighted by molar-refractivity contribution is 0.0952. The largest absolute Gasteiger partial charge is 0.348 e. The Morgan fingerprint density at radius 3 is 2.48 bits per heavy atom.